The maximum absolute atomic E-state index is 5.18. The first kappa shape index (κ1) is 14.0. The van der Waals surface area contributed by atoms with E-state index < -0.39 is 0 Å². The molecule has 0 spiro atoms. The highest BCUT2D eigenvalue weighted by Crippen LogP contribution is 2.30. The van der Waals surface area contributed by atoms with Crippen molar-refractivity contribution in [3.63, 3.8) is 0 Å². The second-order valence-corrected chi connectivity index (χ2v) is 6.74. The van der Waals surface area contributed by atoms with Gasteiger partial charge in [0.2, 0.25) is 0 Å². The lowest BCUT2D eigenvalue weighted by atomic mass is 10.0. The van der Waals surface area contributed by atoms with Gasteiger partial charge >= 0.3 is 0 Å². The third-order valence-corrected chi connectivity index (χ3v) is 5.02. The molecule has 22 heavy (non-hydrogen) atoms. The fourth-order valence-corrected chi connectivity index (χ4v) is 4.07. The number of likely N-dealkylation sites (tertiary alicyclic amines) is 1. The SMILES string of the molecule is Cc1cc(CN2CC[C@H](n3c(C)nc4c3CCCC4)C2)no1. The predicted octanol–water partition coefficient (Wildman–Crippen LogP) is 2.81. The minimum Gasteiger partial charge on any atom is -0.361 e. The van der Waals surface area contributed by atoms with Gasteiger partial charge in [-0.15, -0.1) is 0 Å². The minimum atomic E-state index is 0.572. The molecule has 0 N–H and O–H groups in total. The Bertz CT molecular complexity index is 672. The molecule has 3 heterocycles. The minimum absolute atomic E-state index is 0.572. The molecule has 1 aliphatic carbocycles. The number of fused-ring (bicyclic) bond motifs is 1. The van der Waals surface area contributed by atoms with E-state index in [4.69, 9.17) is 9.51 Å². The molecule has 0 saturated carbocycles. The highest BCUT2D eigenvalue weighted by atomic mass is 16.5. The van der Waals surface area contributed by atoms with Crippen molar-refractivity contribution in [1.82, 2.24) is 19.6 Å². The van der Waals surface area contributed by atoms with Gasteiger partial charge in [-0.25, -0.2) is 4.98 Å². The van der Waals surface area contributed by atoms with E-state index in [0.29, 0.717) is 6.04 Å². The highest BCUT2D eigenvalue weighted by Gasteiger charge is 2.29. The number of hydrogen-bond acceptors (Lipinski definition) is 4. The number of nitrogens with zero attached hydrogens (tertiary/aromatic N) is 4. The Morgan fingerprint density at radius 2 is 2.14 bits per heavy atom. The zero-order chi connectivity index (χ0) is 15.1. The van der Waals surface area contributed by atoms with Crippen molar-refractivity contribution in [3.05, 3.63) is 34.7 Å². The molecule has 0 radical (unpaired) electrons. The van der Waals surface area contributed by atoms with Crippen molar-refractivity contribution in [2.75, 3.05) is 13.1 Å². The standard InChI is InChI=1S/C17H24N4O/c1-12-9-14(19-22-12)10-20-8-7-15(11-20)21-13(2)18-16-5-3-4-6-17(16)21/h9,15H,3-8,10-11H2,1-2H3/t15-/m0/s1. The number of imidazole rings is 1. The molecule has 1 fully saturated rings. The quantitative estimate of drug-likeness (QED) is 0.874. The summed E-state index contributed by atoms with van der Waals surface area (Å²) in [6, 6.07) is 2.61. The second-order valence-electron chi connectivity index (χ2n) is 6.74. The molecule has 0 bridgehead atoms. The van der Waals surface area contributed by atoms with Gasteiger partial charge in [0.05, 0.1) is 11.4 Å². The maximum Gasteiger partial charge on any atom is 0.133 e. The first-order valence-electron chi connectivity index (χ1n) is 8.42. The average Bonchev–Trinajstić information content (AvgIpc) is 3.18. The lowest BCUT2D eigenvalue weighted by Crippen LogP contribution is -2.22. The Morgan fingerprint density at radius 1 is 1.27 bits per heavy atom. The van der Waals surface area contributed by atoms with E-state index in [1.807, 2.05) is 13.0 Å². The highest BCUT2D eigenvalue weighted by molar-refractivity contribution is 5.21. The van der Waals surface area contributed by atoms with E-state index in [9.17, 15) is 0 Å². The van der Waals surface area contributed by atoms with E-state index in [-0.39, 0.29) is 0 Å². The molecule has 5 heteroatoms. The van der Waals surface area contributed by atoms with Gasteiger partial charge in [0.15, 0.2) is 0 Å². The molecule has 0 amide bonds. The maximum atomic E-state index is 5.18. The number of rotatable bonds is 3. The Balaban J connectivity index is 1.50. The summed E-state index contributed by atoms with van der Waals surface area (Å²) in [5.74, 6) is 2.10. The second kappa shape index (κ2) is 5.54. The van der Waals surface area contributed by atoms with Crippen LogP contribution in [0.25, 0.3) is 0 Å². The van der Waals surface area contributed by atoms with Crippen LogP contribution >= 0.6 is 0 Å². The molecule has 118 valence electrons. The van der Waals surface area contributed by atoms with Crippen LogP contribution in [0.15, 0.2) is 10.6 Å². The average molecular weight is 300 g/mol. The van der Waals surface area contributed by atoms with Crippen molar-refractivity contribution < 1.29 is 4.52 Å². The lowest BCUT2D eigenvalue weighted by molar-refractivity contribution is 0.298. The topological polar surface area (TPSA) is 47.1 Å². The number of aromatic nitrogens is 3. The summed E-state index contributed by atoms with van der Waals surface area (Å²) < 4.78 is 7.71. The molecule has 4 rings (SSSR count). The largest absolute Gasteiger partial charge is 0.361 e. The Kier molecular flexibility index (Phi) is 3.53. The van der Waals surface area contributed by atoms with Crippen molar-refractivity contribution >= 4 is 0 Å². The molecule has 0 unspecified atom stereocenters. The fourth-order valence-electron chi connectivity index (χ4n) is 4.07. The van der Waals surface area contributed by atoms with Crippen LogP contribution in [-0.4, -0.2) is 32.7 Å². The van der Waals surface area contributed by atoms with Crippen molar-refractivity contribution in [2.24, 2.45) is 0 Å². The lowest BCUT2D eigenvalue weighted by Gasteiger charge is -2.21. The molecule has 0 aromatic carbocycles. The van der Waals surface area contributed by atoms with Gasteiger partial charge in [0.1, 0.15) is 11.6 Å². The Labute approximate surface area is 131 Å². The molecule has 2 aliphatic rings. The first-order valence-corrected chi connectivity index (χ1v) is 8.42. The van der Waals surface area contributed by atoms with Crippen LogP contribution in [0, 0.1) is 13.8 Å². The third-order valence-electron chi connectivity index (χ3n) is 5.02. The normalized spacial score (nSPS) is 22.2. The van der Waals surface area contributed by atoms with Gasteiger partial charge in [-0.3, -0.25) is 4.90 Å². The summed E-state index contributed by atoms with van der Waals surface area (Å²) in [6.45, 7) is 7.23. The number of hydrogen-bond donors (Lipinski definition) is 0. The third kappa shape index (κ3) is 2.47. The number of aryl methyl sites for hydroxylation is 3. The fraction of sp³-hybridized carbons (Fsp3) is 0.647. The van der Waals surface area contributed by atoms with Crippen LogP contribution in [0.3, 0.4) is 0 Å². The Morgan fingerprint density at radius 3 is 2.95 bits per heavy atom. The van der Waals surface area contributed by atoms with E-state index >= 15 is 0 Å². The van der Waals surface area contributed by atoms with Crippen LogP contribution < -0.4 is 0 Å². The zero-order valence-electron chi connectivity index (χ0n) is 13.5. The first-order chi connectivity index (χ1) is 10.7. The molecular formula is C17H24N4O. The molecule has 5 nitrogen and oxygen atoms in total. The summed E-state index contributed by atoms with van der Waals surface area (Å²) in [4.78, 5) is 7.31. The van der Waals surface area contributed by atoms with E-state index in [2.05, 4.69) is 21.5 Å². The summed E-state index contributed by atoms with van der Waals surface area (Å²) in [5.41, 5.74) is 3.91. The van der Waals surface area contributed by atoms with Crippen LogP contribution in [0.4, 0.5) is 0 Å². The molecule has 1 saturated heterocycles. The summed E-state index contributed by atoms with van der Waals surface area (Å²) in [5, 5.41) is 4.12. The molecular weight excluding hydrogens is 276 g/mol. The van der Waals surface area contributed by atoms with Gasteiger partial charge in [-0.05, 0) is 46.0 Å². The summed E-state index contributed by atoms with van der Waals surface area (Å²) in [6.07, 6.45) is 6.19. The molecule has 2 aromatic rings. The predicted molar refractivity (Wildman–Crippen MR) is 83.8 cm³/mol. The van der Waals surface area contributed by atoms with E-state index in [1.54, 1.807) is 0 Å². The summed E-state index contributed by atoms with van der Waals surface area (Å²) >= 11 is 0. The van der Waals surface area contributed by atoms with Crippen LogP contribution in [-0.2, 0) is 19.4 Å². The Hall–Kier alpha value is -1.62. The van der Waals surface area contributed by atoms with Crippen molar-refractivity contribution in [2.45, 2.75) is 58.5 Å². The van der Waals surface area contributed by atoms with E-state index in [1.165, 1.54) is 42.9 Å². The van der Waals surface area contributed by atoms with E-state index in [0.717, 1.165) is 37.5 Å². The van der Waals surface area contributed by atoms with Gasteiger partial charge in [-0.2, -0.15) is 0 Å². The molecule has 1 atom stereocenters. The van der Waals surface area contributed by atoms with Crippen molar-refractivity contribution in [1.29, 1.82) is 0 Å². The molecule has 1 aliphatic heterocycles. The van der Waals surface area contributed by atoms with Gasteiger partial charge in [-0.1, -0.05) is 5.16 Å². The van der Waals surface area contributed by atoms with Crippen LogP contribution in [0.5, 0.6) is 0 Å². The van der Waals surface area contributed by atoms with Gasteiger partial charge in [0.25, 0.3) is 0 Å². The monoisotopic (exact) mass is 300 g/mol. The smallest absolute Gasteiger partial charge is 0.133 e. The van der Waals surface area contributed by atoms with Crippen molar-refractivity contribution in [3.8, 4) is 0 Å². The summed E-state index contributed by atoms with van der Waals surface area (Å²) in [7, 11) is 0. The zero-order valence-corrected chi connectivity index (χ0v) is 13.5. The molecule has 2 aromatic heterocycles. The van der Waals surface area contributed by atoms with Gasteiger partial charge in [0, 0.05) is 37.4 Å². The van der Waals surface area contributed by atoms with Crippen LogP contribution in [0.1, 0.15) is 54.0 Å². The van der Waals surface area contributed by atoms with Crippen LogP contribution in [0.2, 0.25) is 0 Å². The van der Waals surface area contributed by atoms with Gasteiger partial charge < -0.3 is 9.09 Å².